The van der Waals surface area contributed by atoms with Crippen molar-refractivity contribution in [3.05, 3.63) is 70.3 Å². The quantitative estimate of drug-likeness (QED) is 0.649. The number of benzene rings is 1. The van der Waals surface area contributed by atoms with E-state index in [-0.39, 0.29) is 11.8 Å². The number of hydrogen-bond donors (Lipinski definition) is 1. The molecule has 0 aliphatic rings. The normalized spacial score (nSPS) is 10.5. The molecule has 0 bridgehead atoms. The van der Waals surface area contributed by atoms with Crippen LogP contribution in [0.2, 0.25) is 0 Å². The smallest absolute Gasteiger partial charge is 0.264 e. The molecule has 1 aromatic carbocycles. The van der Waals surface area contributed by atoms with Gasteiger partial charge in [0.1, 0.15) is 5.76 Å². The van der Waals surface area contributed by atoms with Crippen LogP contribution in [-0.2, 0) is 17.9 Å². The van der Waals surface area contributed by atoms with Crippen LogP contribution in [0.5, 0.6) is 0 Å². The van der Waals surface area contributed by atoms with Crippen LogP contribution in [0.25, 0.3) is 0 Å². The van der Waals surface area contributed by atoms with Crippen LogP contribution in [0, 0.1) is 0 Å². The van der Waals surface area contributed by atoms with E-state index in [1.54, 1.807) is 11.2 Å². The number of amides is 2. The van der Waals surface area contributed by atoms with E-state index in [4.69, 9.17) is 4.42 Å². The van der Waals surface area contributed by atoms with Gasteiger partial charge in [-0.2, -0.15) is 0 Å². The van der Waals surface area contributed by atoms with Crippen molar-refractivity contribution in [3.8, 4) is 0 Å². The molecule has 2 heterocycles. The average molecular weight is 398 g/mol. The molecule has 0 aliphatic heterocycles. The lowest BCUT2D eigenvalue weighted by Gasteiger charge is -2.25. The van der Waals surface area contributed by atoms with E-state index in [1.807, 2.05) is 66.8 Å². The number of thiophene rings is 1. The van der Waals surface area contributed by atoms with Crippen molar-refractivity contribution in [2.45, 2.75) is 20.0 Å². The van der Waals surface area contributed by atoms with Gasteiger partial charge in [0.25, 0.3) is 5.91 Å². The van der Waals surface area contributed by atoms with Crippen molar-refractivity contribution in [1.82, 2.24) is 4.90 Å². The lowest BCUT2D eigenvalue weighted by atomic mass is 10.1. The van der Waals surface area contributed by atoms with E-state index in [1.165, 1.54) is 18.3 Å². The Bertz CT molecular complexity index is 934. The second-order valence-corrected chi connectivity index (χ2v) is 7.58. The summed E-state index contributed by atoms with van der Waals surface area (Å²) in [7, 11) is 3.91. The largest absolute Gasteiger partial charge is 0.467 e. The van der Waals surface area contributed by atoms with E-state index in [0.29, 0.717) is 29.4 Å². The van der Waals surface area contributed by atoms with Gasteiger partial charge in [-0.3, -0.25) is 9.59 Å². The van der Waals surface area contributed by atoms with Gasteiger partial charge >= 0.3 is 0 Å². The highest BCUT2D eigenvalue weighted by atomic mass is 32.1. The first-order chi connectivity index (χ1) is 13.4. The molecule has 146 valence electrons. The highest BCUT2D eigenvalue weighted by Gasteiger charge is 2.20. The van der Waals surface area contributed by atoms with Crippen molar-refractivity contribution in [2.24, 2.45) is 0 Å². The van der Waals surface area contributed by atoms with Crippen LogP contribution in [0.4, 0.5) is 11.4 Å². The SMILES string of the molecule is CC(=O)Nc1ccc(N(C)C)c(CN(Cc2ccco2)C(=O)c2cccs2)c1. The first-order valence-electron chi connectivity index (χ1n) is 8.87. The molecule has 6 nitrogen and oxygen atoms in total. The van der Waals surface area contributed by atoms with Gasteiger partial charge in [-0.1, -0.05) is 6.07 Å². The summed E-state index contributed by atoms with van der Waals surface area (Å²) in [6.45, 7) is 2.22. The first-order valence-corrected chi connectivity index (χ1v) is 9.75. The predicted octanol–water partition coefficient (Wildman–Crippen LogP) is 4.21. The van der Waals surface area contributed by atoms with Gasteiger partial charge in [0, 0.05) is 38.9 Å². The Morgan fingerprint density at radius 3 is 2.54 bits per heavy atom. The third-order valence-electron chi connectivity index (χ3n) is 4.19. The summed E-state index contributed by atoms with van der Waals surface area (Å²) >= 11 is 1.42. The standard InChI is InChI=1S/C21H23N3O3S/c1-15(25)22-17-8-9-19(23(2)3)16(12-17)13-24(14-18-6-4-10-27-18)21(26)20-7-5-11-28-20/h4-12H,13-14H2,1-3H3,(H,22,25). The fourth-order valence-electron chi connectivity index (χ4n) is 2.98. The van der Waals surface area contributed by atoms with Gasteiger partial charge < -0.3 is 19.5 Å². The first kappa shape index (κ1) is 19.7. The molecule has 0 atom stereocenters. The molecule has 1 N–H and O–H groups in total. The van der Waals surface area contributed by atoms with Crippen LogP contribution in [0.1, 0.15) is 27.9 Å². The molecule has 7 heteroatoms. The van der Waals surface area contributed by atoms with Gasteiger partial charge in [0.05, 0.1) is 17.7 Å². The maximum absolute atomic E-state index is 13.1. The third-order valence-corrected chi connectivity index (χ3v) is 5.05. The molecule has 3 rings (SSSR count). The molecule has 2 amide bonds. The fourth-order valence-corrected chi connectivity index (χ4v) is 3.67. The number of nitrogens with zero attached hydrogens (tertiary/aromatic N) is 2. The average Bonchev–Trinajstić information content (AvgIpc) is 3.34. The number of nitrogens with one attached hydrogen (secondary N) is 1. The minimum Gasteiger partial charge on any atom is -0.467 e. The van der Waals surface area contributed by atoms with Crippen molar-refractivity contribution < 1.29 is 14.0 Å². The summed E-state index contributed by atoms with van der Waals surface area (Å²) in [4.78, 5) is 29.0. The summed E-state index contributed by atoms with van der Waals surface area (Å²) in [5, 5.41) is 4.70. The molecule has 28 heavy (non-hydrogen) atoms. The third kappa shape index (κ3) is 4.80. The highest BCUT2D eigenvalue weighted by Crippen LogP contribution is 2.26. The lowest BCUT2D eigenvalue weighted by molar-refractivity contribution is -0.114. The van der Waals surface area contributed by atoms with E-state index in [0.717, 1.165) is 11.3 Å². The monoisotopic (exact) mass is 397 g/mol. The van der Waals surface area contributed by atoms with E-state index >= 15 is 0 Å². The van der Waals surface area contributed by atoms with E-state index in [2.05, 4.69) is 5.32 Å². The molecule has 0 saturated heterocycles. The van der Waals surface area contributed by atoms with Crippen LogP contribution >= 0.6 is 11.3 Å². The van der Waals surface area contributed by atoms with Gasteiger partial charge in [0.2, 0.25) is 5.91 Å². The number of carbonyl (C=O) groups excluding carboxylic acids is 2. The number of anilines is 2. The molecule has 0 spiro atoms. The van der Waals surface area contributed by atoms with Crippen LogP contribution < -0.4 is 10.2 Å². The zero-order chi connectivity index (χ0) is 20.1. The Balaban J connectivity index is 1.94. The molecular formula is C21H23N3O3S. The minimum atomic E-state index is -0.134. The number of rotatable bonds is 7. The van der Waals surface area contributed by atoms with Gasteiger partial charge in [0.15, 0.2) is 0 Å². The minimum absolute atomic E-state index is 0.0546. The van der Waals surface area contributed by atoms with Crippen LogP contribution in [0.3, 0.4) is 0 Å². The number of furan rings is 1. The maximum atomic E-state index is 13.1. The molecule has 0 unspecified atom stereocenters. The molecule has 0 fully saturated rings. The van der Waals surface area contributed by atoms with Crippen molar-refractivity contribution in [2.75, 3.05) is 24.3 Å². The van der Waals surface area contributed by atoms with Crippen LogP contribution in [-0.4, -0.2) is 30.8 Å². The highest BCUT2D eigenvalue weighted by molar-refractivity contribution is 7.12. The van der Waals surface area contributed by atoms with Crippen molar-refractivity contribution in [3.63, 3.8) is 0 Å². The summed E-state index contributed by atoms with van der Waals surface area (Å²) in [5.74, 6) is 0.529. The van der Waals surface area contributed by atoms with E-state index in [9.17, 15) is 9.59 Å². The number of hydrogen-bond acceptors (Lipinski definition) is 5. The summed E-state index contributed by atoms with van der Waals surface area (Å²) < 4.78 is 5.47. The summed E-state index contributed by atoms with van der Waals surface area (Å²) in [6, 6.07) is 13.1. The van der Waals surface area contributed by atoms with Gasteiger partial charge in [-0.15, -0.1) is 11.3 Å². The molecular weight excluding hydrogens is 374 g/mol. The Labute approximate surface area is 168 Å². The topological polar surface area (TPSA) is 65.8 Å². The Morgan fingerprint density at radius 2 is 1.93 bits per heavy atom. The molecule has 0 saturated carbocycles. The molecule has 0 aliphatic carbocycles. The lowest BCUT2D eigenvalue weighted by Crippen LogP contribution is -2.30. The fraction of sp³-hybridized carbons (Fsp3) is 0.238. The number of carbonyl (C=O) groups is 2. The second-order valence-electron chi connectivity index (χ2n) is 6.64. The Hall–Kier alpha value is -3.06. The molecule has 3 aromatic rings. The summed E-state index contributed by atoms with van der Waals surface area (Å²) in [6.07, 6.45) is 1.60. The van der Waals surface area contributed by atoms with Crippen molar-refractivity contribution in [1.29, 1.82) is 0 Å². The summed E-state index contributed by atoms with van der Waals surface area (Å²) in [5.41, 5.74) is 2.62. The Morgan fingerprint density at radius 1 is 1.11 bits per heavy atom. The second kappa shape index (κ2) is 8.75. The zero-order valence-electron chi connectivity index (χ0n) is 16.1. The Kier molecular flexibility index (Phi) is 6.16. The zero-order valence-corrected chi connectivity index (χ0v) is 17.0. The van der Waals surface area contributed by atoms with Gasteiger partial charge in [-0.05, 0) is 47.3 Å². The predicted molar refractivity (Wildman–Crippen MR) is 112 cm³/mol. The molecule has 2 aromatic heterocycles. The maximum Gasteiger partial charge on any atom is 0.264 e. The molecule has 0 radical (unpaired) electrons. The van der Waals surface area contributed by atoms with Crippen LogP contribution in [0.15, 0.2) is 58.5 Å². The van der Waals surface area contributed by atoms with Crippen molar-refractivity contribution >= 4 is 34.5 Å². The van der Waals surface area contributed by atoms with Gasteiger partial charge in [-0.25, -0.2) is 0 Å². The van der Waals surface area contributed by atoms with E-state index < -0.39 is 0 Å².